The number of nitrogens with zero attached hydrogens (tertiary/aromatic N) is 5. The van der Waals surface area contributed by atoms with Crippen molar-refractivity contribution in [3.8, 4) is 11.4 Å². The molecule has 0 unspecified atom stereocenters. The molecule has 0 aliphatic carbocycles. The van der Waals surface area contributed by atoms with Gasteiger partial charge in [-0.2, -0.15) is 10.1 Å². The van der Waals surface area contributed by atoms with E-state index in [-0.39, 0.29) is 5.54 Å². The first-order chi connectivity index (χ1) is 14.3. The third-order valence-electron chi connectivity index (χ3n) is 5.89. The second-order valence-electron chi connectivity index (χ2n) is 7.74. The first-order valence-electron chi connectivity index (χ1n) is 10.3. The van der Waals surface area contributed by atoms with Crippen molar-refractivity contribution in [2.24, 2.45) is 0 Å². The topological polar surface area (TPSA) is 81.2 Å². The summed E-state index contributed by atoms with van der Waals surface area (Å²) in [5.74, 6) is 1.27. The summed E-state index contributed by atoms with van der Waals surface area (Å²) >= 11 is 0. The summed E-state index contributed by atoms with van der Waals surface area (Å²) in [5, 5.41) is 12.2. The molecule has 0 bridgehead atoms. The molecule has 2 aliphatic heterocycles. The van der Waals surface area contributed by atoms with Gasteiger partial charge in [0, 0.05) is 37.6 Å². The first kappa shape index (κ1) is 18.5. The van der Waals surface area contributed by atoms with E-state index in [1.54, 1.807) is 6.20 Å². The normalized spacial score (nSPS) is 20.0. The minimum Gasteiger partial charge on any atom is -0.379 e. The van der Waals surface area contributed by atoms with Crippen LogP contribution in [0.3, 0.4) is 0 Å². The van der Waals surface area contributed by atoms with Crippen LogP contribution in [0.4, 0.5) is 0 Å². The van der Waals surface area contributed by atoms with Crippen LogP contribution in [0.15, 0.2) is 47.2 Å². The van der Waals surface area contributed by atoms with Gasteiger partial charge in [0.05, 0.1) is 13.2 Å². The number of piperidine rings is 1. The van der Waals surface area contributed by atoms with E-state index in [0.29, 0.717) is 11.7 Å². The van der Waals surface area contributed by atoms with Gasteiger partial charge in [0.2, 0.25) is 5.82 Å². The second-order valence-corrected chi connectivity index (χ2v) is 7.74. The molecule has 3 aromatic rings. The minimum atomic E-state index is -0.384. The largest absolute Gasteiger partial charge is 0.379 e. The van der Waals surface area contributed by atoms with Gasteiger partial charge in [0.15, 0.2) is 0 Å². The van der Waals surface area contributed by atoms with Crippen LogP contribution in [-0.2, 0) is 16.8 Å². The summed E-state index contributed by atoms with van der Waals surface area (Å²) in [7, 11) is 0. The highest BCUT2D eigenvalue weighted by molar-refractivity contribution is 5.55. The van der Waals surface area contributed by atoms with E-state index < -0.39 is 0 Å². The highest BCUT2D eigenvalue weighted by atomic mass is 16.5. The fourth-order valence-corrected chi connectivity index (χ4v) is 4.26. The van der Waals surface area contributed by atoms with Crippen LogP contribution in [0.5, 0.6) is 0 Å². The van der Waals surface area contributed by atoms with Crippen molar-refractivity contribution in [2.75, 3.05) is 39.4 Å². The summed E-state index contributed by atoms with van der Waals surface area (Å²) in [4.78, 5) is 7.23. The van der Waals surface area contributed by atoms with Gasteiger partial charge in [-0.3, -0.25) is 9.58 Å². The molecule has 29 heavy (non-hydrogen) atoms. The van der Waals surface area contributed by atoms with Crippen molar-refractivity contribution >= 4 is 0 Å². The Morgan fingerprint density at radius 3 is 2.76 bits per heavy atom. The van der Waals surface area contributed by atoms with Gasteiger partial charge in [-0.05, 0) is 43.6 Å². The Morgan fingerprint density at radius 2 is 1.97 bits per heavy atom. The molecule has 0 amide bonds. The molecule has 152 valence electrons. The predicted octanol–water partition coefficient (Wildman–Crippen LogP) is 1.89. The van der Waals surface area contributed by atoms with Crippen LogP contribution in [0, 0.1) is 0 Å². The Morgan fingerprint density at radius 1 is 1.10 bits per heavy atom. The van der Waals surface area contributed by atoms with Gasteiger partial charge in [0.1, 0.15) is 5.54 Å². The summed E-state index contributed by atoms with van der Waals surface area (Å²) < 4.78 is 13.2. The molecule has 0 radical (unpaired) electrons. The number of ether oxygens (including phenoxy) is 1. The number of benzene rings is 1. The molecule has 5 rings (SSSR count). The average molecular weight is 394 g/mol. The third kappa shape index (κ3) is 3.71. The van der Waals surface area contributed by atoms with Crippen molar-refractivity contribution in [1.82, 2.24) is 30.1 Å². The van der Waals surface area contributed by atoms with Gasteiger partial charge in [0.25, 0.3) is 5.89 Å². The van der Waals surface area contributed by atoms with E-state index in [1.165, 1.54) is 5.56 Å². The Kier molecular flexibility index (Phi) is 5.13. The standard InChI is InChI=1S/C21H26N6O2/c1-3-17(16-26-11-13-28-14-12-26)15-18(4-1)19-24-20(29-25-19)21(5-8-22-9-6-21)27-10-2-7-23-27/h1-4,7,10,15,22H,5-6,8-9,11-14,16H2. The fraction of sp³-hybridized carbons (Fsp3) is 0.476. The van der Waals surface area contributed by atoms with E-state index in [1.807, 2.05) is 23.0 Å². The Bertz CT molecular complexity index is 926. The van der Waals surface area contributed by atoms with E-state index in [2.05, 4.69) is 38.7 Å². The molecule has 1 N–H and O–H groups in total. The number of nitrogens with one attached hydrogen (secondary N) is 1. The molecule has 0 saturated carbocycles. The van der Waals surface area contributed by atoms with Crippen LogP contribution in [-0.4, -0.2) is 64.2 Å². The van der Waals surface area contributed by atoms with E-state index in [4.69, 9.17) is 14.2 Å². The van der Waals surface area contributed by atoms with Crippen molar-refractivity contribution in [2.45, 2.75) is 24.9 Å². The van der Waals surface area contributed by atoms with Gasteiger partial charge in [-0.1, -0.05) is 23.4 Å². The van der Waals surface area contributed by atoms with Gasteiger partial charge >= 0.3 is 0 Å². The molecule has 2 fully saturated rings. The van der Waals surface area contributed by atoms with E-state index in [0.717, 1.165) is 64.3 Å². The minimum absolute atomic E-state index is 0.384. The maximum atomic E-state index is 5.80. The number of hydrogen-bond donors (Lipinski definition) is 1. The van der Waals surface area contributed by atoms with Gasteiger partial charge in [-0.25, -0.2) is 0 Å². The molecule has 1 aromatic carbocycles. The molecule has 2 aliphatic rings. The molecule has 0 spiro atoms. The van der Waals surface area contributed by atoms with Crippen LogP contribution in [0.2, 0.25) is 0 Å². The molecule has 2 saturated heterocycles. The number of aromatic nitrogens is 4. The van der Waals surface area contributed by atoms with E-state index >= 15 is 0 Å². The number of hydrogen-bond acceptors (Lipinski definition) is 7. The van der Waals surface area contributed by atoms with Crippen LogP contribution < -0.4 is 5.32 Å². The number of morpholine rings is 1. The van der Waals surface area contributed by atoms with Crippen molar-refractivity contribution in [1.29, 1.82) is 0 Å². The molecular formula is C21H26N6O2. The lowest BCUT2D eigenvalue weighted by Gasteiger charge is -2.34. The highest BCUT2D eigenvalue weighted by Crippen LogP contribution is 2.34. The molecular weight excluding hydrogens is 368 g/mol. The Labute approximate surface area is 169 Å². The summed E-state index contributed by atoms with van der Waals surface area (Å²) in [6, 6.07) is 10.4. The molecule has 8 heteroatoms. The zero-order chi connectivity index (χ0) is 19.5. The summed E-state index contributed by atoms with van der Waals surface area (Å²) in [5.41, 5.74) is 1.85. The molecule has 8 nitrogen and oxygen atoms in total. The smallest absolute Gasteiger partial charge is 0.255 e. The predicted molar refractivity (Wildman–Crippen MR) is 107 cm³/mol. The van der Waals surface area contributed by atoms with Crippen LogP contribution in [0.1, 0.15) is 24.3 Å². The van der Waals surface area contributed by atoms with Crippen molar-refractivity contribution in [3.63, 3.8) is 0 Å². The molecule has 2 aromatic heterocycles. The Balaban J connectivity index is 1.41. The lowest BCUT2D eigenvalue weighted by atomic mass is 9.88. The van der Waals surface area contributed by atoms with Gasteiger partial charge < -0.3 is 14.6 Å². The highest BCUT2D eigenvalue weighted by Gasteiger charge is 2.41. The number of rotatable bonds is 5. The lowest BCUT2D eigenvalue weighted by molar-refractivity contribution is 0.0342. The zero-order valence-electron chi connectivity index (χ0n) is 16.5. The fourth-order valence-electron chi connectivity index (χ4n) is 4.26. The second kappa shape index (κ2) is 8.06. The lowest BCUT2D eigenvalue weighted by Crippen LogP contribution is -2.45. The first-order valence-corrected chi connectivity index (χ1v) is 10.3. The van der Waals surface area contributed by atoms with Crippen molar-refractivity contribution < 1.29 is 9.26 Å². The average Bonchev–Trinajstić information content (AvgIpc) is 3.48. The quantitative estimate of drug-likeness (QED) is 0.708. The Hall–Kier alpha value is -2.55. The summed E-state index contributed by atoms with van der Waals surface area (Å²) in [6.45, 7) is 6.24. The van der Waals surface area contributed by atoms with Crippen molar-refractivity contribution in [3.05, 3.63) is 54.2 Å². The van der Waals surface area contributed by atoms with E-state index in [9.17, 15) is 0 Å². The molecule has 4 heterocycles. The van der Waals surface area contributed by atoms with Gasteiger partial charge in [-0.15, -0.1) is 0 Å². The molecule has 0 atom stereocenters. The zero-order valence-corrected chi connectivity index (χ0v) is 16.5. The van der Waals surface area contributed by atoms with Crippen LogP contribution in [0.25, 0.3) is 11.4 Å². The van der Waals surface area contributed by atoms with Crippen LogP contribution >= 0.6 is 0 Å². The maximum Gasteiger partial charge on any atom is 0.255 e. The monoisotopic (exact) mass is 394 g/mol. The third-order valence-corrected chi connectivity index (χ3v) is 5.89. The summed E-state index contributed by atoms with van der Waals surface area (Å²) in [6.07, 6.45) is 5.52. The SMILES string of the molecule is c1cc(CN2CCOCC2)cc(-c2noc(C3(n4cccn4)CCNCC3)n2)c1. The maximum absolute atomic E-state index is 5.80.